The number of nitrogens with zero attached hydrogens (tertiary/aromatic N) is 2. The molecular formula is C15H9F4N3O2. The van der Waals surface area contributed by atoms with Gasteiger partial charge < -0.3 is 5.32 Å². The van der Waals surface area contributed by atoms with Gasteiger partial charge in [0, 0.05) is 6.20 Å². The summed E-state index contributed by atoms with van der Waals surface area (Å²) in [5.74, 6) is -2.56. The maximum absolute atomic E-state index is 13.7. The van der Waals surface area contributed by atoms with E-state index in [1.54, 1.807) is 5.32 Å². The van der Waals surface area contributed by atoms with Crippen molar-refractivity contribution in [2.24, 2.45) is 0 Å². The molecule has 1 N–H and O–H groups in total. The van der Waals surface area contributed by atoms with Crippen molar-refractivity contribution in [3.05, 3.63) is 60.0 Å². The Kier molecular flexibility index (Phi) is 3.51. The van der Waals surface area contributed by atoms with Crippen LogP contribution in [-0.4, -0.2) is 23.1 Å². The van der Waals surface area contributed by atoms with Crippen molar-refractivity contribution in [1.82, 2.24) is 10.3 Å². The summed E-state index contributed by atoms with van der Waals surface area (Å²) in [6.07, 6.45) is -3.90. The monoisotopic (exact) mass is 339 g/mol. The van der Waals surface area contributed by atoms with Gasteiger partial charge in [-0.15, -0.1) is 0 Å². The number of carbonyl (C=O) groups excluding carboxylic acids is 2. The van der Waals surface area contributed by atoms with Crippen molar-refractivity contribution in [2.75, 3.05) is 4.90 Å². The first kappa shape index (κ1) is 15.9. The lowest BCUT2D eigenvalue weighted by atomic mass is 9.89. The Morgan fingerprint density at radius 1 is 1.04 bits per heavy atom. The lowest BCUT2D eigenvalue weighted by molar-refractivity contribution is -0.195. The van der Waals surface area contributed by atoms with Crippen molar-refractivity contribution >= 4 is 17.8 Å². The number of benzene rings is 1. The molecule has 1 saturated heterocycles. The van der Waals surface area contributed by atoms with Crippen molar-refractivity contribution in [3.63, 3.8) is 0 Å². The molecule has 3 amide bonds. The van der Waals surface area contributed by atoms with Gasteiger partial charge in [0.15, 0.2) is 0 Å². The molecule has 24 heavy (non-hydrogen) atoms. The van der Waals surface area contributed by atoms with E-state index in [0.717, 1.165) is 24.3 Å². The van der Waals surface area contributed by atoms with Gasteiger partial charge in [-0.1, -0.05) is 18.2 Å². The summed E-state index contributed by atoms with van der Waals surface area (Å²) in [5, 5.41) is 1.69. The molecule has 1 aliphatic rings. The Morgan fingerprint density at radius 3 is 2.25 bits per heavy atom. The number of rotatable bonds is 2. The molecule has 1 aliphatic heterocycles. The predicted molar refractivity (Wildman–Crippen MR) is 74.4 cm³/mol. The smallest absolute Gasteiger partial charge is 0.311 e. The largest absolute Gasteiger partial charge is 0.425 e. The molecule has 1 aromatic carbocycles. The Morgan fingerprint density at radius 2 is 1.71 bits per heavy atom. The maximum Gasteiger partial charge on any atom is 0.425 e. The van der Waals surface area contributed by atoms with Crippen molar-refractivity contribution in [2.45, 2.75) is 11.7 Å². The second-order valence-electron chi connectivity index (χ2n) is 5.01. The van der Waals surface area contributed by atoms with Gasteiger partial charge >= 0.3 is 12.2 Å². The summed E-state index contributed by atoms with van der Waals surface area (Å²) in [6.45, 7) is 0. The summed E-state index contributed by atoms with van der Waals surface area (Å²) >= 11 is 0. The highest BCUT2D eigenvalue weighted by Gasteiger charge is 2.69. The van der Waals surface area contributed by atoms with Crippen LogP contribution in [0.4, 0.5) is 28.2 Å². The Hall–Kier alpha value is -2.97. The minimum Gasteiger partial charge on any atom is -0.311 e. The highest BCUT2D eigenvalue weighted by atomic mass is 19.4. The molecule has 1 atom stereocenters. The first-order valence-corrected chi connectivity index (χ1v) is 6.68. The van der Waals surface area contributed by atoms with E-state index in [-0.39, 0.29) is 5.82 Å². The van der Waals surface area contributed by atoms with Gasteiger partial charge in [0.05, 0.1) is 0 Å². The van der Waals surface area contributed by atoms with Crippen molar-refractivity contribution in [1.29, 1.82) is 0 Å². The van der Waals surface area contributed by atoms with Crippen LogP contribution >= 0.6 is 0 Å². The Balaban J connectivity index is 2.16. The number of hydrogen-bond acceptors (Lipinski definition) is 3. The number of pyridine rings is 1. The third-order valence-electron chi connectivity index (χ3n) is 3.60. The quantitative estimate of drug-likeness (QED) is 0.676. The number of amides is 3. The lowest BCUT2D eigenvalue weighted by Crippen LogP contribution is -2.55. The molecule has 0 spiro atoms. The van der Waals surface area contributed by atoms with Crippen LogP contribution in [0.15, 0.2) is 48.7 Å². The van der Waals surface area contributed by atoms with Gasteiger partial charge in [-0.25, -0.2) is 19.1 Å². The molecule has 0 aliphatic carbocycles. The van der Waals surface area contributed by atoms with E-state index >= 15 is 0 Å². The third kappa shape index (κ3) is 2.20. The summed E-state index contributed by atoms with van der Waals surface area (Å²) in [4.78, 5) is 28.7. The van der Waals surface area contributed by atoms with Gasteiger partial charge in [-0.3, -0.25) is 4.79 Å². The van der Waals surface area contributed by atoms with Crippen molar-refractivity contribution in [3.8, 4) is 0 Å². The summed E-state index contributed by atoms with van der Waals surface area (Å²) in [7, 11) is 0. The van der Waals surface area contributed by atoms with E-state index in [0.29, 0.717) is 4.90 Å². The zero-order chi connectivity index (χ0) is 17.5. The van der Waals surface area contributed by atoms with E-state index in [1.165, 1.54) is 24.4 Å². The zero-order valence-corrected chi connectivity index (χ0v) is 11.8. The van der Waals surface area contributed by atoms with Gasteiger partial charge in [0.2, 0.25) is 5.54 Å². The van der Waals surface area contributed by atoms with E-state index in [9.17, 15) is 27.2 Å². The van der Waals surface area contributed by atoms with Crippen LogP contribution in [0.3, 0.4) is 0 Å². The summed E-state index contributed by atoms with van der Waals surface area (Å²) < 4.78 is 54.3. The number of urea groups is 1. The number of anilines is 1. The van der Waals surface area contributed by atoms with Crippen LogP contribution in [0, 0.1) is 5.82 Å². The molecule has 0 saturated carbocycles. The van der Waals surface area contributed by atoms with Crippen LogP contribution in [-0.2, 0) is 10.3 Å². The van der Waals surface area contributed by atoms with Crippen molar-refractivity contribution < 1.29 is 27.2 Å². The van der Waals surface area contributed by atoms with E-state index in [1.807, 2.05) is 0 Å². The van der Waals surface area contributed by atoms with Crippen LogP contribution in [0.1, 0.15) is 5.56 Å². The maximum atomic E-state index is 13.7. The molecule has 1 unspecified atom stereocenters. The first-order valence-electron chi connectivity index (χ1n) is 6.68. The molecule has 3 rings (SSSR count). The topological polar surface area (TPSA) is 62.3 Å². The number of nitrogens with one attached hydrogen (secondary N) is 1. The molecule has 1 aromatic heterocycles. The third-order valence-corrected chi connectivity index (χ3v) is 3.60. The number of imide groups is 1. The number of carbonyl (C=O) groups is 2. The Bertz CT molecular complexity index is 793. The number of aromatic nitrogens is 1. The van der Waals surface area contributed by atoms with Gasteiger partial charge in [0.1, 0.15) is 11.6 Å². The fraction of sp³-hybridized carbons (Fsp3) is 0.133. The fourth-order valence-electron chi connectivity index (χ4n) is 2.48. The molecule has 9 heteroatoms. The van der Waals surface area contributed by atoms with E-state index in [2.05, 4.69) is 4.98 Å². The molecule has 0 bridgehead atoms. The highest BCUT2D eigenvalue weighted by Crippen LogP contribution is 2.44. The van der Waals surface area contributed by atoms with Crippen LogP contribution in [0.2, 0.25) is 0 Å². The highest BCUT2D eigenvalue weighted by molar-refractivity contribution is 6.23. The standard InChI is InChI=1S/C15H9F4N3O2/c16-10-6-4-9(5-7-10)14(15(17,18)19)12(23)22(13(24)21-14)11-3-1-2-8-20-11/h1-8H,(H,21,24). The zero-order valence-electron chi connectivity index (χ0n) is 11.8. The van der Waals surface area contributed by atoms with Crippen LogP contribution in [0.25, 0.3) is 0 Å². The number of alkyl halides is 3. The molecular weight excluding hydrogens is 330 g/mol. The Labute approximate surface area is 132 Å². The second kappa shape index (κ2) is 5.29. The van der Waals surface area contributed by atoms with Gasteiger partial charge in [0.25, 0.3) is 5.91 Å². The fourth-order valence-corrected chi connectivity index (χ4v) is 2.48. The molecule has 1 fully saturated rings. The number of halogens is 4. The summed E-state index contributed by atoms with van der Waals surface area (Å²) in [6, 6.07) is 6.06. The first-order chi connectivity index (χ1) is 11.3. The molecule has 2 heterocycles. The van der Waals surface area contributed by atoms with Gasteiger partial charge in [-0.2, -0.15) is 13.2 Å². The summed E-state index contributed by atoms with van der Waals surface area (Å²) in [5.41, 5.74) is -3.89. The molecule has 2 aromatic rings. The molecule has 124 valence electrons. The average Bonchev–Trinajstić information content (AvgIpc) is 2.80. The lowest BCUT2D eigenvalue weighted by Gasteiger charge is -2.29. The normalized spacial score (nSPS) is 21.1. The average molecular weight is 339 g/mol. The number of hydrogen-bond donors (Lipinski definition) is 1. The van der Waals surface area contributed by atoms with Crippen LogP contribution in [0.5, 0.6) is 0 Å². The molecule has 5 nitrogen and oxygen atoms in total. The van der Waals surface area contributed by atoms with Crippen LogP contribution < -0.4 is 10.2 Å². The minimum atomic E-state index is -5.14. The predicted octanol–water partition coefficient (Wildman–Crippen LogP) is 2.73. The molecule has 0 radical (unpaired) electrons. The minimum absolute atomic E-state index is 0.242. The van der Waals surface area contributed by atoms with E-state index in [4.69, 9.17) is 0 Å². The SMILES string of the molecule is O=C1NC(c2ccc(F)cc2)(C(F)(F)F)C(=O)N1c1ccccn1. The second-order valence-corrected chi connectivity index (χ2v) is 5.01. The van der Waals surface area contributed by atoms with E-state index < -0.39 is 35.0 Å². The van der Waals surface area contributed by atoms with Gasteiger partial charge in [-0.05, 0) is 29.8 Å².